The van der Waals surface area contributed by atoms with Gasteiger partial charge in [0, 0.05) is 18.9 Å². The molecule has 1 aromatic carbocycles. The van der Waals surface area contributed by atoms with Crippen LogP contribution in [0, 0.1) is 0 Å². The third-order valence-electron chi connectivity index (χ3n) is 2.83. The van der Waals surface area contributed by atoms with Crippen LogP contribution in [0.3, 0.4) is 0 Å². The normalized spacial score (nSPS) is 10.1. The molecule has 0 spiro atoms. The van der Waals surface area contributed by atoms with Gasteiger partial charge in [0.2, 0.25) is 5.91 Å². The van der Waals surface area contributed by atoms with E-state index in [9.17, 15) is 4.79 Å². The summed E-state index contributed by atoms with van der Waals surface area (Å²) in [7, 11) is 1.70. The summed E-state index contributed by atoms with van der Waals surface area (Å²) in [6.45, 7) is 0.319. The quantitative estimate of drug-likeness (QED) is 0.845. The van der Waals surface area contributed by atoms with Crippen LogP contribution in [0.1, 0.15) is 6.42 Å². The summed E-state index contributed by atoms with van der Waals surface area (Å²) in [6.07, 6.45) is 1.95. The lowest BCUT2D eigenvalue weighted by molar-refractivity contribution is -0.118. The van der Waals surface area contributed by atoms with Gasteiger partial charge in [0.05, 0.1) is 13.0 Å². The van der Waals surface area contributed by atoms with Crippen LogP contribution >= 0.6 is 0 Å². The van der Waals surface area contributed by atoms with Gasteiger partial charge in [-0.25, -0.2) is 4.98 Å². The van der Waals surface area contributed by atoms with Crippen molar-refractivity contribution in [3.63, 3.8) is 0 Å². The fourth-order valence-corrected chi connectivity index (χ4v) is 1.67. The van der Waals surface area contributed by atoms with Gasteiger partial charge in [-0.05, 0) is 36.4 Å². The lowest BCUT2D eigenvalue weighted by Gasteiger charge is -2.16. The Hall–Kier alpha value is -2.56. The molecule has 0 radical (unpaired) electrons. The number of hydrogen-bond acceptors (Lipinski definition) is 4. The molecule has 2 aromatic rings. The van der Waals surface area contributed by atoms with E-state index in [0.717, 1.165) is 0 Å². The lowest BCUT2D eigenvalue weighted by atomic mass is 10.3. The summed E-state index contributed by atoms with van der Waals surface area (Å²) in [4.78, 5) is 17.6. The van der Waals surface area contributed by atoms with Gasteiger partial charge in [-0.2, -0.15) is 0 Å². The van der Waals surface area contributed by atoms with Gasteiger partial charge in [-0.1, -0.05) is 6.07 Å². The first-order valence-electron chi connectivity index (χ1n) is 6.33. The molecule has 1 aromatic heterocycles. The molecule has 0 saturated heterocycles. The monoisotopic (exact) mass is 271 g/mol. The molecule has 5 nitrogen and oxygen atoms in total. The van der Waals surface area contributed by atoms with E-state index in [0.29, 0.717) is 23.9 Å². The Bertz CT molecular complexity index is 555. The number of anilines is 2. The number of ether oxygens (including phenoxy) is 1. The molecule has 2 N–H and O–H groups in total. The number of nitrogen functional groups attached to an aromatic ring is 1. The number of nitrogens with zero attached hydrogens (tertiary/aromatic N) is 2. The maximum absolute atomic E-state index is 12.0. The smallest absolute Gasteiger partial charge is 0.231 e. The van der Waals surface area contributed by atoms with Crippen molar-refractivity contribution in [2.75, 3.05) is 24.3 Å². The largest absolute Gasteiger partial charge is 0.493 e. The van der Waals surface area contributed by atoms with E-state index in [1.807, 2.05) is 12.1 Å². The van der Waals surface area contributed by atoms with Crippen LogP contribution in [0.15, 0.2) is 48.7 Å². The molecule has 0 atom stereocenters. The number of carbonyl (C=O) groups is 1. The molecule has 0 aliphatic heterocycles. The van der Waals surface area contributed by atoms with Crippen LogP contribution in [0.25, 0.3) is 0 Å². The number of carbonyl (C=O) groups excluding carboxylic acids is 1. The van der Waals surface area contributed by atoms with Crippen LogP contribution in [-0.4, -0.2) is 24.5 Å². The van der Waals surface area contributed by atoms with E-state index >= 15 is 0 Å². The van der Waals surface area contributed by atoms with E-state index in [-0.39, 0.29) is 12.3 Å². The maximum atomic E-state index is 12.0. The number of pyridine rings is 1. The molecule has 0 bridgehead atoms. The number of hydrogen-bond donors (Lipinski definition) is 1. The van der Waals surface area contributed by atoms with Crippen molar-refractivity contribution in [2.24, 2.45) is 0 Å². The Labute approximate surface area is 118 Å². The van der Waals surface area contributed by atoms with Crippen molar-refractivity contribution in [2.45, 2.75) is 6.42 Å². The zero-order valence-corrected chi connectivity index (χ0v) is 11.3. The molecule has 0 fully saturated rings. The van der Waals surface area contributed by atoms with E-state index in [4.69, 9.17) is 10.5 Å². The van der Waals surface area contributed by atoms with Crippen molar-refractivity contribution in [1.82, 2.24) is 4.98 Å². The van der Waals surface area contributed by atoms with Crippen molar-refractivity contribution in [1.29, 1.82) is 0 Å². The van der Waals surface area contributed by atoms with Gasteiger partial charge >= 0.3 is 0 Å². The Kier molecular flexibility index (Phi) is 4.55. The molecule has 0 aliphatic rings. The van der Waals surface area contributed by atoms with Gasteiger partial charge < -0.3 is 10.5 Å². The van der Waals surface area contributed by atoms with Gasteiger partial charge in [0.1, 0.15) is 11.6 Å². The fraction of sp³-hybridized carbons (Fsp3) is 0.200. The Morgan fingerprint density at radius 1 is 1.25 bits per heavy atom. The lowest BCUT2D eigenvalue weighted by Crippen LogP contribution is -2.28. The van der Waals surface area contributed by atoms with Gasteiger partial charge in [-0.3, -0.25) is 9.69 Å². The molecule has 1 amide bonds. The Morgan fingerprint density at radius 2 is 2.00 bits per heavy atom. The molecule has 1 heterocycles. The maximum Gasteiger partial charge on any atom is 0.231 e. The standard InChI is InChI=1S/C15H17N3O2/c1-18(14-4-2-3-10-17-14)15(19)9-11-20-13-7-5-12(16)6-8-13/h2-8,10H,9,11,16H2,1H3. The molecule has 5 heteroatoms. The number of aromatic nitrogens is 1. The second-order valence-corrected chi connectivity index (χ2v) is 4.31. The number of rotatable bonds is 5. The van der Waals surface area contributed by atoms with Crippen molar-refractivity contribution < 1.29 is 9.53 Å². The highest BCUT2D eigenvalue weighted by atomic mass is 16.5. The van der Waals surface area contributed by atoms with Crippen molar-refractivity contribution in [3.8, 4) is 5.75 Å². The summed E-state index contributed by atoms with van der Waals surface area (Å²) in [5, 5.41) is 0. The van der Waals surface area contributed by atoms with Gasteiger partial charge in [0.15, 0.2) is 0 Å². The summed E-state index contributed by atoms with van der Waals surface area (Å²) < 4.78 is 5.49. The molecule has 0 aliphatic carbocycles. The van der Waals surface area contributed by atoms with Crippen molar-refractivity contribution in [3.05, 3.63) is 48.7 Å². The average Bonchev–Trinajstić information content (AvgIpc) is 2.49. The fourth-order valence-electron chi connectivity index (χ4n) is 1.67. The highest BCUT2D eigenvalue weighted by molar-refractivity contribution is 5.91. The average molecular weight is 271 g/mol. The summed E-state index contributed by atoms with van der Waals surface area (Å²) in [5.41, 5.74) is 6.27. The minimum Gasteiger partial charge on any atom is -0.493 e. The predicted molar refractivity (Wildman–Crippen MR) is 78.6 cm³/mol. The van der Waals surface area contributed by atoms with Gasteiger partial charge in [0.25, 0.3) is 0 Å². The van der Waals surface area contributed by atoms with Gasteiger partial charge in [-0.15, -0.1) is 0 Å². The van der Waals surface area contributed by atoms with Crippen LogP contribution in [0.5, 0.6) is 5.75 Å². The van der Waals surface area contributed by atoms with E-state index < -0.39 is 0 Å². The van der Waals surface area contributed by atoms with E-state index in [1.54, 1.807) is 43.6 Å². The minimum absolute atomic E-state index is 0.0425. The third kappa shape index (κ3) is 3.71. The molecule has 0 saturated carbocycles. The first kappa shape index (κ1) is 13.9. The molecule has 104 valence electrons. The predicted octanol–water partition coefficient (Wildman–Crippen LogP) is 2.10. The van der Waals surface area contributed by atoms with E-state index in [2.05, 4.69) is 4.98 Å². The molecule has 2 rings (SSSR count). The molecule has 20 heavy (non-hydrogen) atoms. The first-order chi connectivity index (χ1) is 9.66. The van der Waals surface area contributed by atoms with Crippen LogP contribution in [0.4, 0.5) is 11.5 Å². The summed E-state index contributed by atoms with van der Waals surface area (Å²) in [5.74, 6) is 1.29. The molecular formula is C15H17N3O2. The van der Waals surface area contributed by atoms with E-state index in [1.165, 1.54) is 4.90 Å². The third-order valence-corrected chi connectivity index (χ3v) is 2.83. The Balaban J connectivity index is 1.82. The minimum atomic E-state index is -0.0425. The zero-order valence-electron chi connectivity index (χ0n) is 11.3. The van der Waals surface area contributed by atoms with Crippen LogP contribution < -0.4 is 15.4 Å². The van der Waals surface area contributed by atoms with Crippen LogP contribution in [0.2, 0.25) is 0 Å². The topological polar surface area (TPSA) is 68.5 Å². The summed E-state index contributed by atoms with van der Waals surface area (Å²) in [6, 6.07) is 12.5. The SMILES string of the molecule is CN(C(=O)CCOc1ccc(N)cc1)c1ccccn1. The second-order valence-electron chi connectivity index (χ2n) is 4.31. The highest BCUT2D eigenvalue weighted by Gasteiger charge is 2.11. The number of benzene rings is 1. The summed E-state index contributed by atoms with van der Waals surface area (Å²) >= 11 is 0. The van der Waals surface area contributed by atoms with Crippen molar-refractivity contribution >= 4 is 17.4 Å². The number of amides is 1. The second kappa shape index (κ2) is 6.56. The Morgan fingerprint density at radius 3 is 2.65 bits per heavy atom. The zero-order chi connectivity index (χ0) is 14.4. The highest BCUT2D eigenvalue weighted by Crippen LogP contribution is 2.14. The first-order valence-corrected chi connectivity index (χ1v) is 6.33. The number of nitrogens with two attached hydrogens (primary N) is 1. The van der Waals surface area contributed by atoms with Crippen LogP contribution in [-0.2, 0) is 4.79 Å². The molecule has 0 unspecified atom stereocenters. The molecular weight excluding hydrogens is 254 g/mol.